The van der Waals surface area contributed by atoms with Crippen LogP contribution >= 0.6 is 0 Å². The van der Waals surface area contributed by atoms with Crippen LogP contribution in [0.3, 0.4) is 0 Å². The van der Waals surface area contributed by atoms with Gasteiger partial charge in [-0.15, -0.1) is 0 Å². The molecule has 0 bridgehead atoms. The summed E-state index contributed by atoms with van der Waals surface area (Å²) in [6, 6.07) is 31.6. The van der Waals surface area contributed by atoms with E-state index in [9.17, 15) is 0 Å². The normalized spacial score (nSPS) is 17.8. The number of benzene rings is 4. The van der Waals surface area contributed by atoms with Gasteiger partial charge in [-0.25, -0.2) is 0 Å². The van der Waals surface area contributed by atoms with Gasteiger partial charge in [-0.1, -0.05) is 0 Å². The minimum Gasteiger partial charge on any atom is -1.00 e. The van der Waals surface area contributed by atoms with Crippen LogP contribution in [0.2, 0.25) is 8.35 Å². The van der Waals surface area contributed by atoms with Crippen LogP contribution in [0.25, 0.3) is 34.4 Å². The van der Waals surface area contributed by atoms with Crippen molar-refractivity contribution in [3.63, 3.8) is 0 Å². The second-order valence-corrected chi connectivity index (χ2v) is 30.9. The van der Waals surface area contributed by atoms with Crippen LogP contribution in [0.15, 0.2) is 96.1 Å². The van der Waals surface area contributed by atoms with Gasteiger partial charge < -0.3 is 24.8 Å². The Morgan fingerprint density at radius 3 is 1.28 bits per heavy atom. The molecule has 1 saturated heterocycles. The van der Waals surface area contributed by atoms with Gasteiger partial charge in [-0.05, 0) is 0 Å². The molecule has 0 radical (unpaired) electrons. The molecule has 4 aromatic carbocycles. The van der Waals surface area contributed by atoms with Crippen molar-refractivity contribution < 1.29 is 54.3 Å². The Hall–Kier alpha value is -2.59. The van der Waals surface area contributed by atoms with Crippen LogP contribution in [0.4, 0.5) is 0 Å². The molecule has 47 heavy (non-hydrogen) atoms. The SMILES string of the molecule is COc1ccc(-c2cccc3c2C=C(CC(C)C)[CH]3[Hf+2]2([CH]3C(CC(C)C)=Cc4c(-c5ccc(OC)cc5)cccc43)[CH2][CH2]2)cc1.[Cl-].[Cl-]. The third kappa shape index (κ3) is 6.57. The van der Waals surface area contributed by atoms with Gasteiger partial charge >= 0.3 is 276 Å². The van der Waals surface area contributed by atoms with Crippen molar-refractivity contribution in [1.82, 2.24) is 0 Å². The van der Waals surface area contributed by atoms with Crippen LogP contribution in [-0.2, 0) is 20.0 Å². The van der Waals surface area contributed by atoms with E-state index in [1.165, 1.54) is 54.6 Å². The molecule has 1 aliphatic heterocycles. The standard InChI is InChI=1S/2C20H21O.C2H4.2ClH.Hf/c2*1-14(2)11-15-12-17-5-4-6-19(20(17)13-15)16-7-9-18(21-3)10-8-16;1-2;;;/h2*4-10,12-14H,11H2,1-3H3;1-2H2;2*1H;/q;;;;;+2/p-2. The molecule has 1 fully saturated rings. The van der Waals surface area contributed by atoms with Crippen LogP contribution in [0.1, 0.15) is 70.1 Å². The summed E-state index contributed by atoms with van der Waals surface area (Å²) < 4.78 is 15.3. The van der Waals surface area contributed by atoms with Gasteiger partial charge in [0.2, 0.25) is 0 Å². The van der Waals surface area contributed by atoms with Gasteiger partial charge in [0.1, 0.15) is 0 Å². The molecule has 0 amide bonds. The van der Waals surface area contributed by atoms with Gasteiger partial charge in [0.25, 0.3) is 0 Å². The first-order chi connectivity index (χ1) is 21.8. The van der Waals surface area contributed by atoms with Crippen LogP contribution < -0.4 is 34.3 Å². The molecule has 7 rings (SSSR count). The Morgan fingerprint density at radius 2 is 0.957 bits per heavy atom. The molecule has 4 aromatic rings. The van der Waals surface area contributed by atoms with Gasteiger partial charge in [-0.3, -0.25) is 0 Å². The van der Waals surface area contributed by atoms with Gasteiger partial charge in [-0.2, -0.15) is 0 Å². The second-order valence-electron chi connectivity index (χ2n) is 14.3. The average Bonchev–Trinajstić information content (AvgIpc) is 3.60. The number of ether oxygens (including phenoxy) is 2. The summed E-state index contributed by atoms with van der Waals surface area (Å²) in [5, 5.41) is 0. The van der Waals surface area contributed by atoms with Gasteiger partial charge in [0, 0.05) is 0 Å². The van der Waals surface area contributed by atoms with E-state index in [2.05, 4.69) is 125 Å². The van der Waals surface area contributed by atoms with Crippen molar-refractivity contribution in [2.75, 3.05) is 14.2 Å². The van der Waals surface area contributed by atoms with E-state index in [-0.39, 0.29) is 24.8 Å². The molecular weight excluding hydrogens is 786 g/mol. The fraction of sp³-hybridized carbons (Fsp3) is 0.333. The molecule has 0 spiro atoms. The number of allylic oxidation sites excluding steroid dienone is 2. The predicted octanol–water partition coefficient (Wildman–Crippen LogP) is 5.72. The first kappa shape index (κ1) is 35.7. The maximum atomic E-state index is 5.48. The van der Waals surface area contributed by atoms with Gasteiger partial charge in [0.05, 0.1) is 0 Å². The van der Waals surface area contributed by atoms with E-state index in [1.54, 1.807) is 36.5 Å². The molecular formula is C42H46Cl2HfO2. The summed E-state index contributed by atoms with van der Waals surface area (Å²) in [4.78, 5) is 0. The van der Waals surface area contributed by atoms with Crippen molar-refractivity contribution in [2.45, 2.75) is 56.2 Å². The minimum atomic E-state index is -3.01. The van der Waals surface area contributed by atoms with Crippen LogP contribution in [0.5, 0.6) is 11.5 Å². The van der Waals surface area contributed by atoms with E-state index in [4.69, 9.17) is 9.47 Å². The van der Waals surface area contributed by atoms with Crippen LogP contribution in [0, 0.1) is 11.8 Å². The van der Waals surface area contributed by atoms with Crippen LogP contribution in [-0.4, -0.2) is 14.2 Å². The molecule has 3 aliphatic rings. The van der Waals surface area contributed by atoms with E-state index in [1.807, 2.05) is 0 Å². The third-order valence-corrected chi connectivity index (χ3v) is 29.5. The van der Waals surface area contributed by atoms with Crippen molar-refractivity contribution in [3.8, 4) is 33.8 Å². The van der Waals surface area contributed by atoms with Crippen molar-refractivity contribution in [2.24, 2.45) is 11.8 Å². The smallest absolute Gasteiger partial charge is 1.00 e. The Morgan fingerprint density at radius 1 is 0.574 bits per heavy atom. The molecule has 0 N–H and O–H groups in total. The Kier molecular flexibility index (Phi) is 11.0. The maximum Gasteiger partial charge on any atom is -1.00 e. The fourth-order valence-electron chi connectivity index (χ4n) is 8.52. The fourth-order valence-corrected chi connectivity index (χ4v) is 36.4. The van der Waals surface area contributed by atoms with Crippen molar-refractivity contribution >= 4 is 12.2 Å². The van der Waals surface area contributed by atoms with E-state index < -0.39 is 20.0 Å². The van der Waals surface area contributed by atoms with Gasteiger partial charge in [0.15, 0.2) is 0 Å². The second kappa shape index (κ2) is 14.5. The molecule has 1 heterocycles. The Bertz CT molecular complexity index is 1650. The number of rotatable bonds is 10. The molecule has 2 nitrogen and oxygen atoms in total. The predicted molar refractivity (Wildman–Crippen MR) is 187 cm³/mol. The zero-order valence-corrected chi connectivity index (χ0v) is 33.6. The summed E-state index contributed by atoms with van der Waals surface area (Å²) in [5.74, 6) is 3.11. The molecule has 244 valence electrons. The zero-order chi connectivity index (χ0) is 31.3. The summed E-state index contributed by atoms with van der Waals surface area (Å²) in [7, 11) is 3.48. The summed E-state index contributed by atoms with van der Waals surface area (Å²) in [5.41, 5.74) is 15.0. The minimum absolute atomic E-state index is 0. The van der Waals surface area contributed by atoms with Crippen molar-refractivity contribution in [3.05, 3.63) is 118 Å². The summed E-state index contributed by atoms with van der Waals surface area (Å²) in [6.45, 7) is 9.60. The zero-order valence-electron chi connectivity index (χ0n) is 28.4. The topological polar surface area (TPSA) is 18.5 Å². The summed E-state index contributed by atoms with van der Waals surface area (Å²) in [6.07, 6.45) is 7.65. The molecule has 5 heteroatoms. The number of hydrogen-bond acceptors (Lipinski definition) is 2. The number of methoxy groups -OCH3 is 2. The Balaban J connectivity index is 0.00000217. The van der Waals surface area contributed by atoms with E-state index >= 15 is 0 Å². The molecule has 2 aliphatic carbocycles. The molecule has 0 saturated carbocycles. The third-order valence-electron chi connectivity index (χ3n) is 10.4. The number of halogens is 2. The Labute approximate surface area is 298 Å². The quantitative estimate of drug-likeness (QED) is 0.191. The van der Waals surface area contributed by atoms with E-state index in [0.29, 0.717) is 19.2 Å². The summed E-state index contributed by atoms with van der Waals surface area (Å²) >= 11 is -3.01. The molecule has 2 unspecified atom stereocenters. The van der Waals surface area contributed by atoms with Crippen molar-refractivity contribution in [1.29, 1.82) is 0 Å². The molecule has 0 aromatic heterocycles. The van der Waals surface area contributed by atoms with E-state index in [0.717, 1.165) is 11.5 Å². The maximum absolute atomic E-state index is 5.48. The first-order valence-corrected chi connectivity index (χ1v) is 26.0. The molecule has 2 atom stereocenters. The monoisotopic (exact) mass is 832 g/mol. The number of hydrogen-bond donors (Lipinski definition) is 0. The number of fused-ring (bicyclic) bond motifs is 2. The first-order valence-electron chi connectivity index (χ1n) is 16.8. The largest absolute Gasteiger partial charge is 1.00 e. The average molecular weight is 832 g/mol.